The van der Waals surface area contributed by atoms with E-state index in [0.29, 0.717) is 0 Å². The molecule has 1 saturated carbocycles. The van der Waals surface area contributed by atoms with Gasteiger partial charge in [-0.2, -0.15) is 0 Å². The summed E-state index contributed by atoms with van der Waals surface area (Å²) in [6, 6.07) is 0.919. The lowest BCUT2D eigenvalue weighted by Crippen LogP contribution is -2.52. The van der Waals surface area contributed by atoms with Gasteiger partial charge in [0.05, 0.1) is 0 Å². The lowest BCUT2D eigenvalue weighted by Gasteiger charge is -2.50. The second-order valence-electron chi connectivity index (χ2n) is 6.10. The topological polar surface area (TPSA) is 3.24 Å². The quantitative estimate of drug-likeness (QED) is 0.588. The van der Waals surface area contributed by atoms with Crippen molar-refractivity contribution in [2.24, 2.45) is 11.8 Å². The molecule has 1 unspecified atom stereocenters. The van der Waals surface area contributed by atoms with Gasteiger partial charge in [-0.1, -0.05) is 39.5 Å². The Morgan fingerprint density at radius 1 is 0.938 bits per heavy atom. The van der Waals surface area contributed by atoms with Crippen molar-refractivity contribution in [3.8, 4) is 0 Å². The van der Waals surface area contributed by atoms with Gasteiger partial charge in [0.15, 0.2) is 0 Å². The van der Waals surface area contributed by atoms with Gasteiger partial charge >= 0.3 is 0 Å². The SMILES string of the molecule is CCCCCC(CCC)N1CC2CC(C2)C1. The molecule has 0 aromatic rings. The Hall–Kier alpha value is -0.0400. The first-order valence-corrected chi connectivity index (χ1v) is 7.57. The number of nitrogens with zero attached hydrogens (tertiary/aromatic N) is 1. The molecule has 2 heterocycles. The minimum atomic E-state index is 0.919. The first-order valence-electron chi connectivity index (χ1n) is 7.57. The van der Waals surface area contributed by atoms with Crippen molar-refractivity contribution in [2.45, 2.75) is 71.3 Å². The Labute approximate surface area is 102 Å². The smallest absolute Gasteiger partial charge is 0.00953 e. The molecule has 2 bridgehead atoms. The molecule has 3 fully saturated rings. The molecule has 0 radical (unpaired) electrons. The summed E-state index contributed by atoms with van der Waals surface area (Å²) in [7, 11) is 0. The van der Waals surface area contributed by atoms with Gasteiger partial charge in [0.1, 0.15) is 0 Å². The first-order chi connectivity index (χ1) is 7.83. The second-order valence-corrected chi connectivity index (χ2v) is 6.10. The summed E-state index contributed by atoms with van der Waals surface area (Å²) in [5, 5.41) is 0. The van der Waals surface area contributed by atoms with Crippen molar-refractivity contribution in [3.63, 3.8) is 0 Å². The maximum atomic E-state index is 2.83. The first kappa shape index (κ1) is 12.4. The number of rotatable bonds is 7. The maximum Gasteiger partial charge on any atom is 0.00953 e. The van der Waals surface area contributed by atoms with Crippen molar-refractivity contribution in [2.75, 3.05) is 13.1 Å². The highest BCUT2D eigenvalue weighted by atomic mass is 15.2. The van der Waals surface area contributed by atoms with E-state index < -0.39 is 0 Å². The van der Waals surface area contributed by atoms with E-state index in [4.69, 9.17) is 0 Å². The number of hydrogen-bond donors (Lipinski definition) is 0. The Bertz CT molecular complexity index is 186. The Morgan fingerprint density at radius 3 is 2.19 bits per heavy atom. The maximum absolute atomic E-state index is 2.83. The van der Waals surface area contributed by atoms with Crippen molar-refractivity contribution in [1.29, 1.82) is 0 Å². The molecular weight excluding hydrogens is 194 g/mol. The molecule has 3 rings (SSSR count). The number of unbranched alkanes of at least 4 members (excludes halogenated alkanes) is 2. The summed E-state index contributed by atoms with van der Waals surface area (Å²) in [5.74, 6) is 2.15. The van der Waals surface area contributed by atoms with Crippen LogP contribution in [0.5, 0.6) is 0 Å². The molecule has 0 amide bonds. The van der Waals surface area contributed by atoms with E-state index in [1.165, 1.54) is 51.6 Å². The fourth-order valence-electron chi connectivity index (χ4n) is 3.68. The van der Waals surface area contributed by atoms with Crippen LogP contribution >= 0.6 is 0 Å². The van der Waals surface area contributed by atoms with Crippen LogP contribution in [0, 0.1) is 11.8 Å². The summed E-state index contributed by atoms with van der Waals surface area (Å²) in [6.07, 6.45) is 11.6. The fourth-order valence-corrected chi connectivity index (χ4v) is 3.68. The summed E-state index contributed by atoms with van der Waals surface area (Å²) >= 11 is 0. The van der Waals surface area contributed by atoms with Gasteiger partial charge in [0.25, 0.3) is 0 Å². The predicted molar refractivity (Wildman–Crippen MR) is 70.6 cm³/mol. The molecule has 0 aromatic heterocycles. The van der Waals surface area contributed by atoms with E-state index in [1.807, 2.05) is 0 Å². The molecule has 1 atom stereocenters. The zero-order valence-electron chi connectivity index (χ0n) is 11.3. The van der Waals surface area contributed by atoms with Gasteiger partial charge in [-0.3, -0.25) is 4.90 Å². The molecule has 1 nitrogen and oxygen atoms in total. The van der Waals surface area contributed by atoms with Crippen molar-refractivity contribution in [1.82, 2.24) is 4.90 Å². The van der Waals surface area contributed by atoms with Gasteiger partial charge in [-0.15, -0.1) is 0 Å². The lowest BCUT2D eigenvalue weighted by molar-refractivity contribution is -0.00375. The molecule has 1 aliphatic carbocycles. The average Bonchev–Trinajstić information content (AvgIpc) is 2.27. The standard InChI is InChI=1S/C15H29N/c1-3-5-6-8-15(7-4-2)16-11-13-9-14(10-13)12-16/h13-15H,3-12H2,1-2H3. The van der Waals surface area contributed by atoms with Crippen LogP contribution in [-0.2, 0) is 0 Å². The van der Waals surface area contributed by atoms with Crippen LogP contribution in [-0.4, -0.2) is 24.0 Å². The second kappa shape index (κ2) is 6.05. The van der Waals surface area contributed by atoms with Crippen LogP contribution in [0.25, 0.3) is 0 Å². The molecule has 1 heteroatoms. The molecule has 16 heavy (non-hydrogen) atoms. The van der Waals surface area contributed by atoms with E-state index in [0.717, 1.165) is 17.9 Å². The monoisotopic (exact) mass is 223 g/mol. The van der Waals surface area contributed by atoms with Crippen LogP contribution in [0.2, 0.25) is 0 Å². The van der Waals surface area contributed by atoms with E-state index in [-0.39, 0.29) is 0 Å². The Balaban J connectivity index is 1.76. The molecule has 2 aliphatic heterocycles. The van der Waals surface area contributed by atoms with E-state index in [9.17, 15) is 0 Å². The molecular formula is C15H29N. The molecule has 0 aromatic carbocycles. The predicted octanol–water partition coefficient (Wildman–Crippen LogP) is 4.08. The summed E-state index contributed by atoms with van der Waals surface area (Å²) in [4.78, 5) is 2.83. The molecule has 0 N–H and O–H groups in total. The summed E-state index contributed by atoms with van der Waals surface area (Å²) < 4.78 is 0. The third-order valence-electron chi connectivity index (χ3n) is 4.60. The zero-order chi connectivity index (χ0) is 11.4. The highest BCUT2D eigenvalue weighted by molar-refractivity contribution is 4.91. The van der Waals surface area contributed by atoms with Crippen molar-refractivity contribution < 1.29 is 0 Å². The minimum absolute atomic E-state index is 0.919. The van der Waals surface area contributed by atoms with Crippen LogP contribution in [0.3, 0.4) is 0 Å². The number of hydrogen-bond acceptors (Lipinski definition) is 1. The number of fused-ring (bicyclic) bond motifs is 2. The van der Waals surface area contributed by atoms with E-state index in [2.05, 4.69) is 18.7 Å². The molecule has 3 aliphatic rings. The lowest BCUT2D eigenvalue weighted by atomic mass is 9.70. The van der Waals surface area contributed by atoms with Crippen molar-refractivity contribution >= 4 is 0 Å². The van der Waals surface area contributed by atoms with Gasteiger partial charge < -0.3 is 0 Å². The summed E-state index contributed by atoms with van der Waals surface area (Å²) in [6.45, 7) is 7.50. The molecule has 0 spiro atoms. The van der Waals surface area contributed by atoms with Gasteiger partial charge in [0.2, 0.25) is 0 Å². The minimum Gasteiger partial charge on any atom is -0.300 e. The zero-order valence-corrected chi connectivity index (χ0v) is 11.3. The Morgan fingerprint density at radius 2 is 1.62 bits per heavy atom. The highest BCUT2D eigenvalue weighted by Crippen LogP contribution is 2.40. The third-order valence-corrected chi connectivity index (χ3v) is 4.60. The van der Waals surface area contributed by atoms with E-state index >= 15 is 0 Å². The molecule has 2 saturated heterocycles. The van der Waals surface area contributed by atoms with Crippen LogP contribution in [0.4, 0.5) is 0 Å². The highest BCUT2D eigenvalue weighted by Gasteiger charge is 2.38. The number of piperidine rings is 2. The third kappa shape index (κ3) is 3.00. The van der Waals surface area contributed by atoms with Crippen molar-refractivity contribution in [3.05, 3.63) is 0 Å². The van der Waals surface area contributed by atoms with E-state index in [1.54, 1.807) is 12.8 Å². The fraction of sp³-hybridized carbons (Fsp3) is 1.00. The normalized spacial score (nSPS) is 31.1. The van der Waals surface area contributed by atoms with Gasteiger partial charge in [-0.05, 0) is 37.5 Å². The van der Waals surface area contributed by atoms with Crippen LogP contribution in [0.1, 0.15) is 65.2 Å². The molecule has 94 valence electrons. The van der Waals surface area contributed by atoms with Crippen LogP contribution in [0.15, 0.2) is 0 Å². The average molecular weight is 223 g/mol. The van der Waals surface area contributed by atoms with Gasteiger partial charge in [0, 0.05) is 19.1 Å². The summed E-state index contributed by atoms with van der Waals surface area (Å²) in [5.41, 5.74) is 0. The van der Waals surface area contributed by atoms with Crippen LogP contribution < -0.4 is 0 Å². The largest absolute Gasteiger partial charge is 0.300 e. The van der Waals surface area contributed by atoms with Gasteiger partial charge in [-0.25, -0.2) is 0 Å². The Kier molecular flexibility index (Phi) is 4.69.